The maximum absolute atomic E-state index is 11.8. The minimum Gasteiger partial charge on any atom is -0.356 e. The number of rotatable bonds is 7. The topological polar surface area (TPSA) is 152 Å². The second kappa shape index (κ2) is 6.08. The molecule has 0 spiro atoms. The van der Waals surface area contributed by atoms with E-state index in [1.54, 1.807) is 7.05 Å². The standard InChI is InChI=1S/C7H13NO9P2S/c1-8-3-2-7(6-8)20(14,15)5-4-16-19(12,13)17-18(9,10)11/h2-3,6H,4-5H2,1H3,(H,12,13)(H2,9,10,11). The van der Waals surface area contributed by atoms with Crippen LogP contribution in [0.2, 0.25) is 0 Å². The first-order valence-corrected chi connectivity index (χ1v) is 9.68. The second-order valence-corrected chi connectivity index (χ2v) is 8.64. The molecule has 20 heavy (non-hydrogen) atoms. The molecule has 3 N–H and O–H groups in total. The first-order valence-electron chi connectivity index (χ1n) is 5.00. The van der Waals surface area contributed by atoms with E-state index in [0.717, 1.165) is 0 Å². The first kappa shape index (κ1) is 17.5. The summed E-state index contributed by atoms with van der Waals surface area (Å²) in [5.74, 6) is -0.647. The Bertz CT molecular complexity index is 660. The Hall–Kier alpha value is -0.510. The number of phosphoric acid groups is 2. The molecule has 1 rings (SSSR count). The molecule has 0 radical (unpaired) electrons. The van der Waals surface area contributed by atoms with Crippen LogP contribution in [0.4, 0.5) is 0 Å². The predicted octanol–water partition coefficient (Wildman–Crippen LogP) is 0.0251. The van der Waals surface area contributed by atoms with Crippen molar-refractivity contribution in [2.24, 2.45) is 7.05 Å². The summed E-state index contributed by atoms with van der Waals surface area (Å²) in [7, 11) is -12.3. The molecule has 10 nitrogen and oxygen atoms in total. The number of aromatic nitrogens is 1. The Kier molecular flexibility index (Phi) is 5.34. The van der Waals surface area contributed by atoms with E-state index in [4.69, 9.17) is 14.7 Å². The molecular weight excluding hydrogens is 336 g/mol. The molecule has 0 amide bonds. The van der Waals surface area contributed by atoms with E-state index < -0.39 is 37.8 Å². The molecule has 1 aromatic heterocycles. The number of aryl methyl sites for hydroxylation is 1. The quantitative estimate of drug-likeness (QED) is 0.578. The van der Waals surface area contributed by atoms with E-state index in [2.05, 4.69) is 8.83 Å². The summed E-state index contributed by atoms with van der Waals surface area (Å²) in [6.07, 6.45) is 2.83. The Morgan fingerprint density at radius 1 is 1.30 bits per heavy atom. The average molecular weight is 349 g/mol. The summed E-state index contributed by atoms with van der Waals surface area (Å²) in [6, 6.07) is 1.33. The van der Waals surface area contributed by atoms with Crippen LogP contribution in [0, 0.1) is 0 Å². The maximum Gasteiger partial charge on any atom is 0.481 e. The van der Waals surface area contributed by atoms with Gasteiger partial charge in [0.2, 0.25) is 0 Å². The van der Waals surface area contributed by atoms with Crippen molar-refractivity contribution in [3.8, 4) is 0 Å². The number of hydrogen-bond acceptors (Lipinski definition) is 6. The molecule has 0 aromatic carbocycles. The largest absolute Gasteiger partial charge is 0.481 e. The molecule has 0 aliphatic rings. The lowest BCUT2D eigenvalue weighted by atomic mass is 10.7. The van der Waals surface area contributed by atoms with Crippen molar-refractivity contribution in [2.75, 3.05) is 12.4 Å². The molecule has 0 aliphatic heterocycles. The van der Waals surface area contributed by atoms with Gasteiger partial charge in [-0.25, -0.2) is 17.5 Å². The third kappa shape index (κ3) is 5.86. The minimum atomic E-state index is -5.21. The number of sulfone groups is 1. The Morgan fingerprint density at radius 3 is 2.35 bits per heavy atom. The Balaban J connectivity index is 2.60. The lowest BCUT2D eigenvalue weighted by molar-refractivity contribution is 0.185. The van der Waals surface area contributed by atoms with Crippen LogP contribution >= 0.6 is 15.6 Å². The summed E-state index contributed by atoms with van der Waals surface area (Å²) in [4.78, 5) is 25.6. The summed E-state index contributed by atoms with van der Waals surface area (Å²) in [6.45, 7) is -0.759. The van der Waals surface area contributed by atoms with Crippen LogP contribution in [0.5, 0.6) is 0 Å². The molecule has 1 heterocycles. The lowest BCUT2D eigenvalue weighted by Crippen LogP contribution is -2.11. The van der Waals surface area contributed by atoms with E-state index in [9.17, 15) is 17.5 Å². The van der Waals surface area contributed by atoms with E-state index in [0.29, 0.717) is 0 Å². The first-order chi connectivity index (χ1) is 8.91. The van der Waals surface area contributed by atoms with Gasteiger partial charge < -0.3 is 19.2 Å². The fourth-order valence-electron chi connectivity index (χ4n) is 1.20. The fraction of sp³-hybridized carbons (Fsp3) is 0.429. The summed E-state index contributed by atoms with van der Waals surface area (Å²) in [5.41, 5.74) is 0. The molecule has 0 saturated heterocycles. The van der Waals surface area contributed by atoms with Gasteiger partial charge in [-0.1, -0.05) is 0 Å². The zero-order valence-corrected chi connectivity index (χ0v) is 12.8. The van der Waals surface area contributed by atoms with Gasteiger partial charge in [0.15, 0.2) is 9.84 Å². The summed E-state index contributed by atoms with van der Waals surface area (Å²) < 4.78 is 54.1. The SMILES string of the molecule is Cn1ccc(S(=O)(=O)CCOP(=O)(O)OP(=O)(O)O)c1. The minimum absolute atomic E-state index is 0.00715. The molecule has 0 fully saturated rings. The highest BCUT2D eigenvalue weighted by Crippen LogP contribution is 2.57. The van der Waals surface area contributed by atoms with Crippen molar-refractivity contribution < 1.29 is 41.1 Å². The zero-order chi connectivity index (χ0) is 15.6. The van der Waals surface area contributed by atoms with Crippen LogP contribution in [-0.2, 0) is 34.8 Å². The lowest BCUT2D eigenvalue weighted by Gasteiger charge is -2.12. The molecule has 1 aromatic rings. The van der Waals surface area contributed by atoms with Gasteiger partial charge in [0, 0.05) is 19.4 Å². The van der Waals surface area contributed by atoms with E-state index >= 15 is 0 Å². The molecule has 1 atom stereocenters. The van der Waals surface area contributed by atoms with Gasteiger partial charge in [-0.15, -0.1) is 0 Å². The van der Waals surface area contributed by atoms with Crippen molar-refractivity contribution in [1.82, 2.24) is 4.57 Å². The summed E-state index contributed by atoms with van der Waals surface area (Å²) >= 11 is 0. The normalized spacial score (nSPS) is 16.0. The number of nitrogens with zero attached hydrogens (tertiary/aromatic N) is 1. The highest BCUT2D eigenvalue weighted by molar-refractivity contribution is 7.91. The molecule has 1 unspecified atom stereocenters. The van der Waals surface area contributed by atoms with Crippen molar-refractivity contribution in [2.45, 2.75) is 4.90 Å². The highest BCUT2D eigenvalue weighted by atomic mass is 32.2. The van der Waals surface area contributed by atoms with E-state index in [1.165, 1.54) is 23.0 Å². The van der Waals surface area contributed by atoms with Gasteiger partial charge >= 0.3 is 15.6 Å². The third-order valence-electron chi connectivity index (χ3n) is 1.98. The Morgan fingerprint density at radius 2 is 1.90 bits per heavy atom. The second-order valence-electron chi connectivity index (χ2n) is 3.71. The van der Waals surface area contributed by atoms with Crippen molar-refractivity contribution in [3.05, 3.63) is 18.5 Å². The van der Waals surface area contributed by atoms with Crippen LogP contribution in [-0.4, -0.2) is 40.0 Å². The Labute approximate surface area is 114 Å². The third-order valence-corrected chi connectivity index (χ3v) is 5.83. The molecular formula is C7H13NO9P2S. The van der Waals surface area contributed by atoms with E-state index in [-0.39, 0.29) is 4.90 Å². The van der Waals surface area contributed by atoms with E-state index in [1.807, 2.05) is 0 Å². The summed E-state index contributed by atoms with van der Waals surface area (Å²) in [5, 5.41) is 0. The fourth-order valence-corrected chi connectivity index (χ4v) is 4.04. The van der Waals surface area contributed by atoms with Gasteiger partial charge in [-0.05, 0) is 6.07 Å². The van der Waals surface area contributed by atoms with Crippen molar-refractivity contribution in [3.63, 3.8) is 0 Å². The zero-order valence-electron chi connectivity index (χ0n) is 10.2. The average Bonchev–Trinajstić information content (AvgIpc) is 2.60. The van der Waals surface area contributed by atoms with Crippen molar-refractivity contribution in [1.29, 1.82) is 0 Å². The molecule has 116 valence electrons. The monoisotopic (exact) mass is 349 g/mol. The smallest absolute Gasteiger partial charge is 0.356 e. The van der Waals surface area contributed by atoms with Gasteiger partial charge in [0.1, 0.15) is 0 Å². The van der Waals surface area contributed by atoms with Gasteiger partial charge in [0.05, 0.1) is 17.3 Å². The molecule has 13 heteroatoms. The molecule has 0 bridgehead atoms. The number of hydrogen-bond donors (Lipinski definition) is 3. The van der Waals surface area contributed by atoms with Crippen LogP contribution < -0.4 is 0 Å². The predicted molar refractivity (Wildman–Crippen MR) is 66.4 cm³/mol. The van der Waals surface area contributed by atoms with Crippen LogP contribution in [0.25, 0.3) is 0 Å². The molecule has 0 saturated carbocycles. The van der Waals surface area contributed by atoms with Gasteiger partial charge in [-0.2, -0.15) is 4.31 Å². The van der Waals surface area contributed by atoms with Crippen LogP contribution in [0.1, 0.15) is 0 Å². The van der Waals surface area contributed by atoms with Gasteiger partial charge in [-0.3, -0.25) is 4.52 Å². The van der Waals surface area contributed by atoms with Crippen LogP contribution in [0.3, 0.4) is 0 Å². The highest BCUT2D eigenvalue weighted by Gasteiger charge is 2.32. The molecule has 0 aliphatic carbocycles. The number of phosphoric ester groups is 1. The maximum atomic E-state index is 11.8. The van der Waals surface area contributed by atoms with Crippen LogP contribution in [0.15, 0.2) is 23.4 Å². The van der Waals surface area contributed by atoms with Crippen molar-refractivity contribution >= 4 is 25.5 Å². The van der Waals surface area contributed by atoms with Gasteiger partial charge in [0.25, 0.3) is 0 Å².